The number of rotatable bonds is 5. The van der Waals surface area contributed by atoms with Gasteiger partial charge >= 0.3 is 0 Å². The molecule has 0 heterocycles. The van der Waals surface area contributed by atoms with Crippen molar-refractivity contribution < 1.29 is 14.2 Å². The number of hydrogen-bond donors (Lipinski definition) is 2. The fourth-order valence-corrected chi connectivity index (χ4v) is 1.88. The highest BCUT2D eigenvalue weighted by Crippen LogP contribution is 2.28. The Morgan fingerprint density at radius 1 is 1.41 bits per heavy atom. The lowest BCUT2D eigenvalue weighted by Gasteiger charge is -2.25. The molecule has 2 unspecified atom stereocenters. The Balaban J connectivity index is 2.95. The topological polar surface area (TPSA) is 55.5 Å². The highest BCUT2D eigenvalue weighted by atomic mass is 19.1. The summed E-state index contributed by atoms with van der Waals surface area (Å²) in [7, 11) is 1.42. The first-order valence-electron chi connectivity index (χ1n) is 5.71. The molecular formula is C13H20FNO2. The van der Waals surface area contributed by atoms with Gasteiger partial charge in [-0.05, 0) is 23.6 Å². The molecule has 0 saturated carbocycles. The van der Waals surface area contributed by atoms with Crippen LogP contribution < -0.4 is 10.5 Å². The van der Waals surface area contributed by atoms with Crippen LogP contribution in [0.2, 0.25) is 0 Å². The number of benzene rings is 1. The van der Waals surface area contributed by atoms with E-state index in [0.717, 1.165) is 0 Å². The second-order valence-corrected chi connectivity index (χ2v) is 4.51. The molecule has 2 atom stereocenters. The summed E-state index contributed by atoms with van der Waals surface area (Å²) >= 11 is 0. The molecule has 17 heavy (non-hydrogen) atoms. The molecule has 1 aromatic rings. The molecule has 0 aliphatic heterocycles. The molecule has 0 aliphatic rings. The number of ether oxygens (including phenoxy) is 1. The van der Waals surface area contributed by atoms with Crippen LogP contribution in [0.5, 0.6) is 5.75 Å². The molecule has 0 radical (unpaired) electrons. The molecule has 0 bridgehead atoms. The molecule has 3 nitrogen and oxygen atoms in total. The van der Waals surface area contributed by atoms with Crippen LogP contribution in [0.15, 0.2) is 18.2 Å². The van der Waals surface area contributed by atoms with Crippen molar-refractivity contribution in [2.45, 2.75) is 19.9 Å². The molecule has 4 heteroatoms. The van der Waals surface area contributed by atoms with E-state index in [-0.39, 0.29) is 30.2 Å². The monoisotopic (exact) mass is 241 g/mol. The van der Waals surface area contributed by atoms with E-state index in [1.807, 2.05) is 13.8 Å². The van der Waals surface area contributed by atoms with Crippen LogP contribution in [0.4, 0.5) is 4.39 Å². The van der Waals surface area contributed by atoms with Crippen molar-refractivity contribution in [3.8, 4) is 5.75 Å². The number of methoxy groups -OCH3 is 1. The molecule has 96 valence electrons. The molecule has 1 aromatic carbocycles. The van der Waals surface area contributed by atoms with E-state index in [0.29, 0.717) is 5.56 Å². The Bertz CT molecular complexity index is 368. The molecule has 0 aliphatic carbocycles. The number of nitrogens with two attached hydrogens (primary N) is 1. The fourth-order valence-electron chi connectivity index (χ4n) is 1.88. The largest absolute Gasteiger partial charge is 0.494 e. The molecule has 0 spiro atoms. The van der Waals surface area contributed by atoms with Gasteiger partial charge < -0.3 is 15.6 Å². The zero-order valence-corrected chi connectivity index (χ0v) is 10.5. The number of aliphatic hydroxyl groups is 1. The Kier molecular flexibility index (Phi) is 4.90. The maximum absolute atomic E-state index is 13.5. The van der Waals surface area contributed by atoms with Gasteiger partial charge in [0.15, 0.2) is 11.6 Å². The summed E-state index contributed by atoms with van der Waals surface area (Å²) < 4.78 is 18.4. The lowest BCUT2D eigenvalue weighted by atomic mass is 9.85. The predicted octanol–water partition coefficient (Wildman–Crippen LogP) is 2.10. The molecule has 1 rings (SSSR count). The van der Waals surface area contributed by atoms with Gasteiger partial charge in [-0.25, -0.2) is 4.39 Å². The van der Waals surface area contributed by atoms with Crippen LogP contribution >= 0.6 is 0 Å². The molecule has 0 amide bonds. The summed E-state index contributed by atoms with van der Waals surface area (Å²) in [6, 6.07) is 4.28. The lowest BCUT2D eigenvalue weighted by molar-refractivity contribution is 0.165. The summed E-state index contributed by atoms with van der Waals surface area (Å²) in [6.45, 7) is 3.97. The van der Waals surface area contributed by atoms with Crippen LogP contribution in [-0.2, 0) is 0 Å². The minimum absolute atomic E-state index is 0.00746. The number of aliphatic hydroxyl groups excluding tert-OH is 1. The van der Waals surface area contributed by atoms with Gasteiger partial charge in [0.05, 0.1) is 7.11 Å². The minimum atomic E-state index is -0.430. The van der Waals surface area contributed by atoms with E-state index in [1.54, 1.807) is 12.1 Å². The molecular weight excluding hydrogens is 221 g/mol. The number of hydrogen-bond acceptors (Lipinski definition) is 3. The molecule has 0 aromatic heterocycles. The summed E-state index contributed by atoms with van der Waals surface area (Å²) in [5, 5.41) is 9.30. The summed E-state index contributed by atoms with van der Waals surface area (Å²) in [5.74, 6) is -0.0742. The van der Waals surface area contributed by atoms with Crippen LogP contribution in [0.25, 0.3) is 0 Å². The SMILES string of the molecule is COc1ccc(C(N)C(CO)C(C)C)cc1F. The van der Waals surface area contributed by atoms with Gasteiger partial charge in [-0.15, -0.1) is 0 Å². The first kappa shape index (κ1) is 13.9. The number of halogens is 1. The second kappa shape index (κ2) is 5.98. The van der Waals surface area contributed by atoms with Gasteiger partial charge in [-0.2, -0.15) is 0 Å². The van der Waals surface area contributed by atoms with E-state index >= 15 is 0 Å². The fraction of sp³-hybridized carbons (Fsp3) is 0.538. The highest BCUT2D eigenvalue weighted by molar-refractivity contribution is 5.31. The lowest BCUT2D eigenvalue weighted by Crippen LogP contribution is -2.28. The van der Waals surface area contributed by atoms with Crippen LogP contribution in [0.3, 0.4) is 0 Å². The maximum Gasteiger partial charge on any atom is 0.165 e. The third-order valence-electron chi connectivity index (χ3n) is 3.09. The maximum atomic E-state index is 13.5. The van der Waals surface area contributed by atoms with Gasteiger partial charge in [0.25, 0.3) is 0 Å². The minimum Gasteiger partial charge on any atom is -0.494 e. The van der Waals surface area contributed by atoms with Crippen LogP contribution in [0, 0.1) is 17.7 Å². The molecule has 0 saturated heterocycles. The first-order chi connectivity index (χ1) is 8.01. The van der Waals surface area contributed by atoms with Crippen LogP contribution in [-0.4, -0.2) is 18.8 Å². The summed E-state index contributed by atoms with van der Waals surface area (Å²) in [4.78, 5) is 0. The average molecular weight is 241 g/mol. The third kappa shape index (κ3) is 3.17. The van der Waals surface area contributed by atoms with Gasteiger partial charge in [0.2, 0.25) is 0 Å². The summed E-state index contributed by atoms with van der Waals surface area (Å²) in [5.41, 5.74) is 6.72. The van der Waals surface area contributed by atoms with Crippen molar-refractivity contribution in [3.63, 3.8) is 0 Å². The summed E-state index contributed by atoms with van der Waals surface area (Å²) in [6.07, 6.45) is 0. The Morgan fingerprint density at radius 2 is 2.06 bits per heavy atom. The van der Waals surface area contributed by atoms with Gasteiger partial charge in [-0.3, -0.25) is 0 Å². The van der Waals surface area contributed by atoms with Crippen molar-refractivity contribution in [2.75, 3.05) is 13.7 Å². The van der Waals surface area contributed by atoms with Crippen molar-refractivity contribution in [2.24, 2.45) is 17.6 Å². The molecule has 3 N–H and O–H groups in total. The zero-order chi connectivity index (χ0) is 13.0. The molecule has 0 fully saturated rings. The smallest absolute Gasteiger partial charge is 0.165 e. The van der Waals surface area contributed by atoms with Crippen LogP contribution in [0.1, 0.15) is 25.5 Å². The second-order valence-electron chi connectivity index (χ2n) is 4.51. The van der Waals surface area contributed by atoms with E-state index in [9.17, 15) is 9.50 Å². The van der Waals surface area contributed by atoms with E-state index < -0.39 is 5.82 Å². The Labute approximate surface area is 101 Å². The Morgan fingerprint density at radius 3 is 2.47 bits per heavy atom. The van der Waals surface area contributed by atoms with E-state index in [4.69, 9.17) is 10.5 Å². The standard InChI is InChI=1S/C13H20FNO2/c1-8(2)10(7-16)13(15)9-4-5-12(17-3)11(14)6-9/h4-6,8,10,13,16H,7,15H2,1-3H3. The van der Waals surface area contributed by atoms with Crippen molar-refractivity contribution in [1.29, 1.82) is 0 Å². The predicted molar refractivity (Wildman–Crippen MR) is 65.3 cm³/mol. The van der Waals surface area contributed by atoms with E-state index in [1.165, 1.54) is 13.2 Å². The van der Waals surface area contributed by atoms with Gasteiger partial charge in [-0.1, -0.05) is 19.9 Å². The van der Waals surface area contributed by atoms with Crippen molar-refractivity contribution in [3.05, 3.63) is 29.6 Å². The van der Waals surface area contributed by atoms with E-state index in [2.05, 4.69) is 0 Å². The van der Waals surface area contributed by atoms with Gasteiger partial charge in [0, 0.05) is 18.6 Å². The van der Waals surface area contributed by atoms with Gasteiger partial charge in [0.1, 0.15) is 0 Å². The average Bonchev–Trinajstić information content (AvgIpc) is 2.29. The Hall–Kier alpha value is -1.13. The van der Waals surface area contributed by atoms with Crippen molar-refractivity contribution >= 4 is 0 Å². The normalized spacial score (nSPS) is 14.8. The third-order valence-corrected chi connectivity index (χ3v) is 3.09. The first-order valence-corrected chi connectivity index (χ1v) is 5.71. The van der Waals surface area contributed by atoms with Crippen molar-refractivity contribution in [1.82, 2.24) is 0 Å². The highest BCUT2D eigenvalue weighted by Gasteiger charge is 2.22. The zero-order valence-electron chi connectivity index (χ0n) is 10.5. The quantitative estimate of drug-likeness (QED) is 0.830.